The lowest BCUT2D eigenvalue weighted by atomic mass is 9.62. The topological polar surface area (TPSA) is 93.7 Å². The highest BCUT2D eigenvalue weighted by atomic mass is 16.6. The second-order valence-electron chi connectivity index (χ2n) is 12.9. The molecule has 1 aliphatic carbocycles. The van der Waals surface area contributed by atoms with Crippen LogP contribution in [-0.4, -0.2) is 29.6 Å². The molecule has 226 valence electrons. The molecule has 7 heteroatoms. The second kappa shape index (κ2) is 12.2. The van der Waals surface area contributed by atoms with Crippen LogP contribution in [0.4, 0.5) is 10.5 Å². The van der Waals surface area contributed by atoms with Crippen LogP contribution in [0.5, 0.6) is 5.75 Å². The maximum atomic E-state index is 14.0. The molecule has 3 aromatic carbocycles. The lowest BCUT2D eigenvalue weighted by molar-refractivity contribution is -0.136. The van der Waals surface area contributed by atoms with E-state index in [0.29, 0.717) is 5.75 Å². The third-order valence-electron chi connectivity index (χ3n) is 8.76. The van der Waals surface area contributed by atoms with Gasteiger partial charge < -0.3 is 20.1 Å². The van der Waals surface area contributed by atoms with Gasteiger partial charge in [0, 0.05) is 12.1 Å². The molecule has 3 aromatic rings. The molecule has 0 bridgehead atoms. The smallest absolute Gasteiger partial charge is 0.408 e. The number of hydrogen-bond acceptors (Lipinski definition) is 5. The van der Waals surface area contributed by atoms with E-state index in [4.69, 9.17) is 9.47 Å². The molecule has 5 rings (SSSR count). The molecule has 0 aromatic heterocycles. The summed E-state index contributed by atoms with van der Waals surface area (Å²) in [6.45, 7) is 9.43. The van der Waals surface area contributed by atoms with Gasteiger partial charge in [-0.2, -0.15) is 0 Å². The number of carbonyl (C=O) groups is 3. The van der Waals surface area contributed by atoms with Crippen molar-refractivity contribution in [3.05, 3.63) is 94.5 Å². The number of aryl methyl sites for hydroxylation is 1. The van der Waals surface area contributed by atoms with Gasteiger partial charge in [0.05, 0.1) is 0 Å². The van der Waals surface area contributed by atoms with E-state index in [1.807, 2.05) is 42.5 Å². The zero-order chi connectivity index (χ0) is 30.8. The molecule has 43 heavy (non-hydrogen) atoms. The third-order valence-corrected chi connectivity index (χ3v) is 8.76. The number of hydrogen-bond donors (Lipinski definition) is 2. The Morgan fingerprint density at radius 2 is 1.63 bits per heavy atom. The predicted molar refractivity (Wildman–Crippen MR) is 167 cm³/mol. The lowest BCUT2D eigenvalue weighted by Crippen LogP contribution is -2.46. The number of fused-ring (bicyclic) bond motifs is 1. The summed E-state index contributed by atoms with van der Waals surface area (Å²) in [5.74, 6) is -0.0709. The molecule has 1 fully saturated rings. The summed E-state index contributed by atoms with van der Waals surface area (Å²) in [7, 11) is 0. The van der Waals surface area contributed by atoms with Crippen molar-refractivity contribution < 1.29 is 23.9 Å². The van der Waals surface area contributed by atoms with Crippen molar-refractivity contribution in [1.82, 2.24) is 5.32 Å². The van der Waals surface area contributed by atoms with Crippen LogP contribution in [0.15, 0.2) is 66.7 Å². The van der Waals surface area contributed by atoms with E-state index in [1.165, 1.54) is 6.42 Å². The fourth-order valence-electron chi connectivity index (χ4n) is 6.57. The Labute approximate surface area is 254 Å². The highest BCUT2D eigenvalue weighted by molar-refractivity contribution is 6.10. The number of anilines is 1. The molecular formula is C36H42N2O5. The first-order valence-electron chi connectivity index (χ1n) is 15.3. The van der Waals surface area contributed by atoms with Gasteiger partial charge in [0.25, 0.3) is 0 Å². The molecule has 0 saturated heterocycles. The summed E-state index contributed by atoms with van der Waals surface area (Å²) >= 11 is 0. The van der Waals surface area contributed by atoms with Crippen LogP contribution in [0.2, 0.25) is 0 Å². The highest BCUT2D eigenvalue weighted by Crippen LogP contribution is 2.53. The Bertz CT molecular complexity index is 1490. The molecule has 2 N–H and O–H groups in total. The van der Waals surface area contributed by atoms with Gasteiger partial charge in [0.2, 0.25) is 5.91 Å². The number of carbonyl (C=O) groups excluding carboxylic acids is 3. The van der Waals surface area contributed by atoms with Crippen LogP contribution in [-0.2, 0) is 26.2 Å². The number of esters is 1. The molecule has 0 radical (unpaired) electrons. The van der Waals surface area contributed by atoms with Crippen molar-refractivity contribution in [3.63, 3.8) is 0 Å². The quantitative estimate of drug-likeness (QED) is 0.228. The molecule has 2 atom stereocenters. The summed E-state index contributed by atoms with van der Waals surface area (Å²) in [6, 6.07) is 20.0. The first-order valence-corrected chi connectivity index (χ1v) is 15.3. The average molecular weight is 583 g/mol. The Morgan fingerprint density at radius 3 is 2.28 bits per heavy atom. The van der Waals surface area contributed by atoms with Gasteiger partial charge in [-0.25, -0.2) is 9.59 Å². The van der Waals surface area contributed by atoms with Crippen LogP contribution in [0.1, 0.15) is 80.7 Å². The zero-order valence-corrected chi connectivity index (χ0v) is 25.8. The lowest BCUT2D eigenvalue weighted by Gasteiger charge is -2.39. The van der Waals surface area contributed by atoms with Gasteiger partial charge in [-0.15, -0.1) is 0 Å². The summed E-state index contributed by atoms with van der Waals surface area (Å²) < 4.78 is 11.2. The van der Waals surface area contributed by atoms with E-state index in [9.17, 15) is 14.4 Å². The number of nitrogens with one attached hydrogen (secondary N) is 2. The first-order chi connectivity index (χ1) is 20.5. The maximum absolute atomic E-state index is 14.0. The first kappa shape index (κ1) is 30.3. The highest BCUT2D eigenvalue weighted by Gasteiger charge is 2.53. The zero-order valence-electron chi connectivity index (χ0n) is 25.8. The predicted octanol–water partition coefficient (Wildman–Crippen LogP) is 7.16. The maximum Gasteiger partial charge on any atom is 0.408 e. The number of alkyl carbamates (subject to hydrolysis) is 1. The SMILES string of the molecule is Cc1ccc2c(c1C)NC(=O)C2(c1ccc(OC(=O)[C@H](Cc2ccccc2)NC(=O)OC(C)(C)C)cc1)C1CCCCC1. The molecule has 0 spiro atoms. The molecule has 2 amide bonds. The van der Waals surface area contributed by atoms with Crippen molar-refractivity contribution in [2.75, 3.05) is 5.32 Å². The standard InChI is InChI=1S/C36H42N2O5/c1-23-16-21-29-31(24(23)2)38-33(40)36(29,26-14-10-7-11-15-26)27-17-19-28(20-18-27)42-32(39)30(22-25-12-8-6-9-13-25)37-34(41)43-35(3,4)5/h6,8-9,12-13,16-21,26,30H,7,10-11,14-15,22H2,1-5H3,(H,37,41)(H,38,40)/t30-,36?/m0/s1. The molecule has 2 aliphatic rings. The van der Waals surface area contributed by atoms with Crippen molar-refractivity contribution in [3.8, 4) is 5.75 Å². The average Bonchev–Trinajstić information content (AvgIpc) is 3.28. The van der Waals surface area contributed by atoms with Crippen LogP contribution < -0.4 is 15.4 Å². The van der Waals surface area contributed by atoms with Crippen LogP contribution in [0.25, 0.3) is 0 Å². The summed E-state index contributed by atoms with van der Waals surface area (Å²) in [5.41, 5.74) is 4.45. The minimum Gasteiger partial charge on any atom is -0.444 e. The van der Waals surface area contributed by atoms with Gasteiger partial charge >= 0.3 is 12.1 Å². The Kier molecular flexibility index (Phi) is 8.63. The molecular weight excluding hydrogens is 540 g/mol. The third kappa shape index (κ3) is 6.31. The molecule has 1 saturated carbocycles. The number of amides is 2. The van der Waals surface area contributed by atoms with Crippen LogP contribution >= 0.6 is 0 Å². The fraction of sp³-hybridized carbons (Fsp3) is 0.417. The van der Waals surface area contributed by atoms with Crippen molar-refractivity contribution >= 4 is 23.7 Å². The van der Waals surface area contributed by atoms with Crippen molar-refractivity contribution in [2.24, 2.45) is 5.92 Å². The Balaban J connectivity index is 1.43. The number of ether oxygens (including phenoxy) is 2. The summed E-state index contributed by atoms with van der Waals surface area (Å²) in [6.07, 6.45) is 4.90. The molecule has 1 aliphatic heterocycles. The minimum absolute atomic E-state index is 0.0114. The van der Waals surface area contributed by atoms with E-state index in [-0.39, 0.29) is 18.2 Å². The Hall–Kier alpha value is -4.13. The molecule has 1 unspecified atom stereocenters. The summed E-state index contributed by atoms with van der Waals surface area (Å²) in [5, 5.41) is 5.92. The van der Waals surface area contributed by atoms with Gasteiger partial charge in [-0.3, -0.25) is 4.79 Å². The van der Waals surface area contributed by atoms with Gasteiger partial charge in [-0.05, 0) is 93.3 Å². The van der Waals surface area contributed by atoms with E-state index in [2.05, 4.69) is 36.6 Å². The van der Waals surface area contributed by atoms with Crippen LogP contribution in [0, 0.1) is 19.8 Å². The number of rotatable bonds is 7. The van der Waals surface area contributed by atoms with E-state index >= 15 is 0 Å². The van der Waals surface area contributed by atoms with Gasteiger partial charge in [0.15, 0.2) is 0 Å². The molecule has 1 heterocycles. The molecule has 7 nitrogen and oxygen atoms in total. The van der Waals surface area contributed by atoms with Crippen LogP contribution in [0.3, 0.4) is 0 Å². The van der Waals surface area contributed by atoms with Gasteiger partial charge in [-0.1, -0.05) is 73.9 Å². The Morgan fingerprint density at radius 1 is 0.953 bits per heavy atom. The largest absolute Gasteiger partial charge is 0.444 e. The van der Waals surface area contributed by atoms with Gasteiger partial charge in [0.1, 0.15) is 22.8 Å². The van der Waals surface area contributed by atoms with Crippen molar-refractivity contribution in [2.45, 2.75) is 90.2 Å². The van der Waals surface area contributed by atoms with Crippen molar-refractivity contribution in [1.29, 1.82) is 0 Å². The van der Waals surface area contributed by atoms with E-state index < -0.39 is 29.1 Å². The minimum atomic E-state index is -0.954. The van der Waals surface area contributed by atoms with E-state index in [1.54, 1.807) is 32.9 Å². The normalized spacial score (nSPS) is 19.2. The van der Waals surface area contributed by atoms with E-state index in [0.717, 1.165) is 59.2 Å². The summed E-state index contributed by atoms with van der Waals surface area (Å²) in [4.78, 5) is 40.0. The number of benzene rings is 3. The monoisotopic (exact) mass is 582 g/mol. The fourth-order valence-corrected chi connectivity index (χ4v) is 6.57. The second-order valence-corrected chi connectivity index (χ2v) is 12.9.